The van der Waals surface area contributed by atoms with Gasteiger partial charge in [-0.2, -0.15) is 0 Å². The normalized spacial score (nSPS) is 14.0. The molecule has 56 heavy (non-hydrogen) atoms. The van der Waals surface area contributed by atoms with Crippen molar-refractivity contribution in [2.45, 2.75) is 295 Å². The van der Waals surface area contributed by atoms with E-state index < -0.39 is 36.9 Å². The monoisotopic (exact) mass is 794 g/mol. The van der Waals surface area contributed by atoms with Crippen molar-refractivity contribution < 1.29 is 25.2 Å². The first-order chi connectivity index (χ1) is 27.5. The lowest BCUT2D eigenvalue weighted by Crippen LogP contribution is -2.53. The number of rotatable bonds is 46. The van der Waals surface area contributed by atoms with Crippen molar-refractivity contribution >= 4 is 5.91 Å². The average Bonchev–Trinajstić information content (AvgIpc) is 3.20. The Hall–Kier alpha value is -0.950. The first-order valence-electron chi connectivity index (χ1n) is 25.1. The molecule has 0 aliphatic rings. The van der Waals surface area contributed by atoms with E-state index in [0.717, 1.165) is 57.8 Å². The molecule has 0 spiro atoms. The molecule has 0 aromatic heterocycles. The zero-order valence-electron chi connectivity index (χ0n) is 37.7. The lowest BCUT2D eigenvalue weighted by molar-refractivity contribution is -0.132. The van der Waals surface area contributed by atoms with Crippen LogP contribution in [0.5, 0.6) is 0 Å². The maximum atomic E-state index is 12.5. The summed E-state index contributed by atoms with van der Waals surface area (Å²) < 4.78 is 0. The highest BCUT2D eigenvalue weighted by Crippen LogP contribution is 2.18. The van der Waals surface area contributed by atoms with E-state index in [2.05, 4.69) is 31.3 Å². The van der Waals surface area contributed by atoms with E-state index in [1.54, 1.807) is 0 Å². The van der Waals surface area contributed by atoms with Gasteiger partial charge in [-0.05, 0) is 38.5 Å². The summed E-state index contributed by atoms with van der Waals surface area (Å²) in [5, 5.41) is 43.7. The molecule has 6 nitrogen and oxygen atoms in total. The Kier molecular flexibility index (Phi) is 44.4. The van der Waals surface area contributed by atoms with Gasteiger partial charge in [-0.25, -0.2) is 0 Å². The zero-order valence-corrected chi connectivity index (χ0v) is 37.7. The Labute approximate surface area is 349 Å². The van der Waals surface area contributed by atoms with Gasteiger partial charge in [0.15, 0.2) is 0 Å². The number of hydrogen-bond donors (Lipinski definition) is 5. The molecule has 0 radical (unpaired) electrons. The fourth-order valence-corrected chi connectivity index (χ4v) is 7.99. The third-order valence-corrected chi connectivity index (χ3v) is 12.0. The summed E-state index contributed by atoms with van der Waals surface area (Å²) in [6.07, 6.45) is 51.4. The molecule has 0 heterocycles. The molecular formula is C50H99NO5. The quantitative estimate of drug-likeness (QED) is 0.0311. The number of carbonyl (C=O) groups is 1. The van der Waals surface area contributed by atoms with Crippen LogP contribution in [0, 0.1) is 0 Å². The largest absolute Gasteiger partial charge is 0.394 e. The van der Waals surface area contributed by atoms with Crippen LogP contribution in [0.4, 0.5) is 0 Å². The fraction of sp³-hybridized carbons (Fsp3) is 0.940. The Morgan fingerprint density at radius 3 is 1.07 bits per heavy atom. The lowest BCUT2D eigenvalue weighted by atomic mass is 9.99. The SMILES string of the molecule is CCCCC/C=C\CCCCCCC(O)C(=O)NC(CO)C(O)C(O)CCCCCCCCCCCCCCCCCCCCCCCCCCCCCCC. The molecule has 0 aromatic carbocycles. The summed E-state index contributed by atoms with van der Waals surface area (Å²) in [5.74, 6) is -0.592. The van der Waals surface area contributed by atoms with Crippen LogP contribution in [-0.2, 0) is 4.79 Å². The minimum absolute atomic E-state index is 0.356. The second-order valence-electron chi connectivity index (χ2n) is 17.5. The minimum atomic E-state index is -1.26. The van der Waals surface area contributed by atoms with Gasteiger partial charge in [0.05, 0.1) is 18.8 Å². The van der Waals surface area contributed by atoms with Crippen LogP contribution in [0.25, 0.3) is 0 Å². The average molecular weight is 794 g/mol. The van der Waals surface area contributed by atoms with Gasteiger partial charge in [0, 0.05) is 0 Å². The Morgan fingerprint density at radius 1 is 0.429 bits per heavy atom. The van der Waals surface area contributed by atoms with Crippen LogP contribution >= 0.6 is 0 Å². The molecule has 0 saturated carbocycles. The lowest BCUT2D eigenvalue weighted by Gasteiger charge is -2.27. The first kappa shape index (κ1) is 55.0. The van der Waals surface area contributed by atoms with Gasteiger partial charge in [-0.15, -0.1) is 0 Å². The van der Waals surface area contributed by atoms with Crippen molar-refractivity contribution in [3.63, 3.8) is 0 Å². The Morgan fingerprint density at radius 2 is 0.714 bits per heavy atom. The molecular weight excluding hydrogens is 695 g/mol. The number of hydrogen-bond acceptors (Lipinski definition) is 5. The van der Waals surface area contributed by atoms with E-state index in [9.17, 15) is 25.2 Å². The Bertz CT molecular complexity index is 806. The maximum Gasteiger partial charge on any atom is 0.249 e. The number of nitrogens with one attached hydrogen (secondary N) is 1. The van der Waals surface area contributed by atoms with Crippen molar-refractivity contribution in [3.8, 4) is 0 Å². The van der Waals surface area contributed by atoms with Crippen molar-refractivity contribution in [2.24, 2.45) is 0 Å². The van der Waals surface area contributed by atoms with Gasteiger partial charge in [-0.3, -0.25) is 4.79 Å². The molecule has 5 N–H and O–H groups in total. The molecule has 0 rings (SSSR count). The van der Waals surface area contributed by atoms with Crippen molar-refractivity contribution in [1.29, 1.82) is 0 Å². The highest BCUT2D eigenvalue weighted by Gasteiger charge is 2.28. The Balaban J connectivity index is 3.55. The van der Waals surface area contributed by atoms with Crippen LogP contribution in [0.2, 0.25) is 0 Å². The van der Waals surface area contributed by atoms with E-state index in [0.29, 0.717) is 12.8 Å². The molecule has 0 aliphatic carbocycles. The van der Waals surface area contributed by atoms with Gasteiger partial charge < -0.3 is 25.7 Å². The topological polar surface area (TPSA) is 110 Å². The summed E-state index contributed by atoms with van der Waals surface area (Å²) in [6, 6.07) is -0.986. The molecule has 6 heteroatoms. The zero-order chi connectivity index (χ0) is 41.0. The van der Waals surface area contributed by atoms with Gasteiger partial charge in [0.25, 0.3) is 0 Å². The van der Waals surface area contributed by atoms with Gasteiger partial charge >= 0.3 is 0 Å². The summed E-state index contributed by atoms with van der Waals surface area (Å²) in [7, 11) is 0. The van der Waals surface area contributed by atoms with E-state index in [1.165, 1.54) is 186 Å². The van der Waals surface area contributed by atoms with Crippen molar-refractivity contribution in [3.05, 3.63) is 12.2 Å². The molecule has 4 unspecified atom stereocenters. The summed E-state index contributed by atoms with van der Waals surface area (Å²) in [5.41, 5.74) is 0. The molecule has 4 atom stereocenters. The smallest absolute Gasteiger partial charge is 0.249 e. The van der Waals surface area contributed by atoms with E-state index in [4.69, 9.17) is 0 Å². The second kappa shape index (κ2) is 45.1. The maximum absolute atomic E-state index is 12.5. The summed E-state index contributed by atoms with van der Waals surface area (Å²) in [4.78, 5) is 12.5. The standard InChI is InChI=1S/C50H99NO5/c1-3-5-7-9-11-13-15-16-17-18-19-20-21-22-23-24-25-26-27-28-29-30-31-32-34-35-37-39-41-43-47(53)49(55)46(45-52)51-50(56)48(54)44-42-40-38-36-33-14-12-10-8-6-4-2/h12,14,46-49,52-55H,3-11,13,15-45H2,1-2H3,(H,51,56)/b14-12-. The fourth-order valence-electron chi connectivity index (χ4n) is 7.99. The third-order valence-electron chi connectivity index (χ3n) is 12.0. The molecule has 1 amide bonds. The van der Waals surface area contributed by atoms with Gasteiger partial charge in [0.1, 0.15) is 12.2 Å². The molecule has 0 bridgehead atoms. The number of amides is 1. The predicted octanol–water partition coefficient (Wildman–Crippen LogP) is 13.7. The molecule has 0 aliphatic heterocycles. The number of aliphatic hydroxyl groups excluding tert-OH is 4. The second-order valence-corrected chi connectivity index (χ2v) is 17.5. The van der Waals surface area contributed by atoms with E-state index in [1.807, 2.05) is 0 Å². The van der Waals surface area contributed by atoms with Gasteiger partial charge in [-0.1, -0.05) is 244 Å². The van der Waals surface area contributed by atoms with Crippen LogP contribution in [0.1, 0.15) is 271 Å². The molecule has 0 aromatic rings. The predicted molar refractivity (Wildman–Crippen MR) is 242 cm³/mol. The highest BCUT2D eigenvalue weighted by atomic mass is 16.3. The van der Waals surface area contributed by atoms with E-state index in [-0.39, 0.29) is 0 Å². The van der Waals surface area contributed by atoms with Crippen LogP contribution < -0.4 is 5.32 Å². The molecule has 0 saturated heterocycles. The highest BCUT2D eigenvalue weighted by molar-refractivity contribution is 5.80. The minimum Gasteiger partial charge on any atom is -0.394 e. The van der Waals surface area contributed by atoms with Crippen LogP contribution in [0.15, 0.2) is 12.2 Å². The number of allylic oxidation sites excluding steroid dienone is 2. The number of aliphatic hydroxyl groups is 4. The van der Waals surface area contributed by atoms with Crippen LogP contribution in [0.3, 0.4) is 0 Å². The third kappa shape index (κ3) is 38.6. The van der Waals surface area contributed by atoms with Crippen molar-refractivity contribution in [2.75, 3.05) is 6.61 Å². The summed E-state index contributed by atoms with van der Waals surface area (Å²) >= 11 is 0. The van der Waals surface area contributed by atoms with Crippen LogP contribution in [-0.4, -0.2) is 57.3 Å². The van der Waals surface area contributed by atoms with Gasteiger partial charge in [0.2, 0.25) is 5.91 Å². The number of carbonyl (C=O) groups excluding carboxylic acids is 1. The first-order valence-corrected chi connectivity index (χ1v) is 25.1. The summed E-state index contributed by atoms with van der Waals surface area (Å²) in [6.45, 7) is 4.03. The molecule has 0 fully saturated rings. The van der Waals surface area contributed by atoms with Crippen molar-refractivity contribution in [1.82, 2.24) is 5.32 Å². The number of unbranched alkanes of at least 4 members (excludes halogenated alkanes) is 35. The molecule has 334 valence electrons. The van der Waals surface area contributed by atoms with E-state index >= 15 is 0 Å².